The molecular weight excluding hydrogens is 434 g/mol. The van der Waals surface area contributed by atoms with Crippen molar-refractivity contribution in [3.05, 3.63) is 89.6 Å². The first kappa shape index (κ1) is 21.2. The maximum Gasteiger partial charge on any atom is 0.259 e. The van der Waals surface area contributed by atoms with Crippen LogP contribution in [0.25, 0.3) is 10.9 Å². The molecule has 1 aromatic heterocycles. The average Bonchev–Trinajstić information content (AvgIpc) is 3.23. The number of rotatable bonds is 5. The van der Waals surface area contributed by atoms with Crippen LogP contribution in [0.3, 0.4) is 0 Å². The van der Waals surface area contributed by atoms with Gasteiger partial charge in [-0.15, -0.1) is 0 Å². The summed E-state index contributed by atoms with van der Waals surface area (Å²) in [6.45, 7) is 2.75. The Morgan fingerprint density at radius 1 is 1.03 bits per heavy atom. The van der Waals surface area contributed by atoms with Crippen LogP contribution in [0.2, 0.25) is 0 Å². The van der Waals surface area contributed by atoms with Crippen molar-refractivity contribution in [3.8, 4) is 0 Å². The molecule has 0 saturated heterocycles. The van der Waals surface area contributed by atoms with Crippen molar-refractivity contribution in [2.24, 2.45) is 0 Å². The normalized spacial score (nSPS) is 15.1. The number of carbonyl (C=O) groups excluding carboxylic acids is 2. The van der Waals surface area contributed by atoms with Gasteiger partial charge < -0.3 is 15.2 Å². The summed E-state index contributed by atoms with van der Waals surface area (Å²) in [4.78, 5) is 31.9. The molecule has 2 heterocycles. The smallest absolute Gasteiger partial charge is 0.259 e. The fourth-order valence-electron chi connectivity index (χ4n) is 4.27. The number of amides is 2. The van der Waals surface area contributed by atoms with Gasteiger partial charge in [0.2, 0.25) is 0 Å². The van der Waals surface area contributed by atoms with E-state index in [4.69, 9.17) is 0 Å². The number of nitrogens with zero attached hydrogens (tertiary/aromatic N) is 1. The minimum Gasteiger partial charge on any atom is -0.361 e. The van der Waals surface area contributed by atoms with Crippen LogP contribution >= 0.6 is 0 Å². The Kier molecular flexibility index (Phi) is 5.56. The average molecular weight is 458 g/mol. The van der Waals surface area contributed by atoms with E-state index in [1.54, 1.807) is 47.4 Å². The highest BCUT2D eigenvalue weighted by atomic mass is 32.2. The molecule has 33 heavy (non-hydrogen) atoms. The van der Waals surface area contributed by atoms with Crippen LogP contribution in [0.1, 0.15) is 33.2 Å². The van der Waals surface area contributed by atoms with Gasteiger partial charge in [0, 0.05) is 35.8 Å². The van der Waals surface area contributed by atoms with E-state index in [0.717, 1.165) is 16.5 Å². The van der Waals surface area contributed by atoms with Gasteiger partial charge in [0.1, 0.15) is 0 Å². The zero-order valence-electron chi connectivity index (χ0n) is 18.1. The van der Waals surface area contributed by atoms with E-state index in [-0.39, 0.29) is 11.8 Å². The maximum atomic E-state index is 13.3. The van der Waals surface area contributed by atoms with Crippen LogP contribution in [-0.2, 0) is 17.2 Å². The summed E-state index contributed by atoms with van der Waals surface area (Å²) in [5, 5.41) is 4.11. The van der Waals surface area contributed by atoms with Gasteiger partial charge in [-0.1, -0.05) is 30.3 Å². The molecular formula is C26H23N3O3S. The summed E-state index contributed by atoms with van der Waals surface area (Å²) in [6.07, 6.45) is 2.66. The third kappa shape index (κ3) is 3.74. The number of fused-ring (bicyclic) bond motifs is 3. The summed E-state index contributed by atoms with van der Waals surface area (Å²) in [7, 11) is -1.51. The number of carbonyl (C=O) groups is 2. The summed E-state index contributed by atoms with van der Waals surface area (Å²) < 4.78 is 13.3. The zero-order valence-corrected chi connectivity index (χ0v) is 18.9. The third-order valence-electron chi connectivity index (χ3n) is 5.95. The van der Waals surface area contributed by atoms with E-state index >= 15 is 0 Å². The number of aromatic nitrogens is 1. The van der Waals surface area contributed by atoms with Gasteiger partial charge in [0.25, 0.3) is 11.8 Å². The van der Waals surface area contributed by atoms with Crippen LogP contribution in [0.4, 0.5) is 5.69 Å². The highest BCUT2D eigenvalue weighted by molar-refractivity contribution is 7.85. The number of H-pyrrole nitrogens is 1. The van der Waals surface area contributed by atoms with Crippen LogP contribution in [0.15, 0.2) is 82.7 Å². The fraction of sp³-hybridized carbons (Fsp3) is 0.154. The standard InChI is InChI=1S/C26H23N3O3S/c1-2-29-22-15-17(11-12-24(22)33(32)23-10-6-4-8-20(23)26(29)31)25(30)27-14-13-18-16-28-21-9-5-3-7-19(18)21/h3-12,15-16,28H,2,13-14H2,1H3,(H,27,30)/t33-/m0/s1. The van der Waals surface area contributed by atoms with Gasteiger partial charge >= 0.3 is 0 Å². The van der Waals surface area contributed by atoms with Gasteiger partial charge in [-0.25, -0.2) is 4.21 Å². The predicted molar refractivity (Wildman–Crippen MR) is 129 cm³/mol. The minimum atomic E-state index is -1.51. The molecule has 2 N–H and O–H groups in total. The second-order valence-electron chi connectivity index (χ2n) is 7.86. The Morgan fingerprint density at radius 3 is 2.67 bits per heavy atom. The molecule has 3 aromatic carbocycles. The lowest BCUT2D eigenvalue weighted by molar-refractivity contribution is 0.0950. The molecule has 4 aromatic rings. The number of hydrogen-bond donors (Lipinski definition) is 2. The highest BCUT2D eigenvalue weighted by Crippen LogP contribution is 2.35. The van der Waals surface area contributed by atoms with E-state index in [0.29, 0.717) is 46.1 Å². The van der Waals surface area contributed by atoms with E-state index in [9.17, 15) is 13.8 Å². The van der Waals surface area contributed by atoms with E-state index in [1.807, 2.05) is 31.3 Å². The molecule has 6 nitrogen and oxygen atoms in total. The van der Waals surface area contributed by atoms with Gasteiger partial charge in [0.15, 0.2) is 0 Å². The molecule has 1 aliphatic rings. The highest BCUT2D eigenvalue weighted by Gasteiger charge is 2.30. The Morgan fingerprint density at radius 2 is 1.82 bits per heavy atom. The monoisotopic (exact) mass is 457 g/mol. The van der Waals surface area contributed by atoms with Crippen molar-refractivity contribution in [2.45, 2.75) is 23.1 Å². The molecule has 0 bridgehead atoms. The summed E-state index contributed by atoms with van der Waals surface area (Å²) in [6, 6.07) is 20.1. The Balaban J connectivity index is 1.38. The quantitative estimate of drug-likeness (QED) is 0.469. The molecule has 0 aliphatic carbocycles. The van der Waals surface area contributed by atoms with Crippen LogP contribution in [0.5, 0.6) is 0 Å². The van der Waals surface area contributed by atoms with Gasteiger partial charge in [-0.05, 0) is 55.3 Å². The van der Waals surface area contributed by atoms with Crippen molar-refractivity contribution in [1.82, 2.24) is 10.3 Å². The predicted octanol–water partition coefficient (Wildman–Crippen LogP) is 4.29. The SMILES string of the molecule is CCN1C(=O)c2ccccc2[S@](=O)c2ccc(C(=O)NCCc3c[nH]c4ccccc34)cc21. The van der Waals surface area contributed by atoms with Gasteiger partial charge in [0.05, 0.1) is 31.8 Å². The van der Waals surface area contributed by atoms with Crippen molar-refractivity contribution in [1.29, 1.82) is 0 Å². The fourth-order valence-corrected chi connectivity index (χ4v) is 5.61. The number of hydrogen-bond acceptors (Lipinski definition) is 3. The van der Waals surface area contributed by atoms with Gasteiger partial charge in [-0.3, -0.25) is 9.59 Å². The van der Waals surface area contributed by atoms with Crippen LogP contribution < -0.4 is 10.2 Å². The zero-order chi connectivity index (χ0) is 22.9. The number of benzene rings is 3. The van der Waals surface area contributed by atoms with E-state index in [1.165, 1.54) is 0 Å². The largest absolute Gasteiger partial charge is 0.361 e. The number of nitrogens with one attached hydrogen (secondary N) is 2. The lowest BCUT2D eigenvalue weighted by Gasteiger charge is -2.21. The van der Waals surface area contributed by atoms with Crippen molar-refractivity contribution in [2.75, 3.05) is 18.0 Å². The molecule has 0 saturated carbocycles. The first-order chi connectivity index (χ1) is 16.1. The van der Waals surface area contributed by atoms with Crippen molar-refractivity contribution < 1.29 is 13.8 Å². The molecule has 2 amide bonds. The number of para-hydroxylation sites is 1. The Bertz CT molecular complexity index is 1410. The van der Waals surface area contributed by atoms with Crippen molar-refractivity contribution >= 4 is 39.2 Å². The third-order valence-corrected chi connectivity index (χ3v) is 7.45. The molecule has 166 valence electrons. The van der Waals surface area contributed by atoms with Crippen LogP contribution in [-0.4, -0.2) is 34.1 Å². The first-order valence-corrected chi connectivity index (χ1v) is 12.0. The maximum absolute atomic E-state index is 13.3. The molecule has 0 unspecified atom stereocenters. The summed E-state index contributed by atoms with van der Waals surface area (Å²) in [5.74, 6) is -0.439. The lowest BCUT2D eigenvalue weighted by Crippen LogP contribution is -2.31. The first-order valence-electron chi connectivity index (χ1n) is 10.9. The topological polar surface area (TPSA) is 82.3 Å². The van der Waals surface area contributed by atoms with E-state index < -0.39 is 10.8 Å². The molecule has 5 rings (SSSR count). The summed E-state index contributed by atoms with van der Waals surface area (Å²) in [5.41, 5.74) is 3.59. The second-order valence-corrected chi connectivity index (χ2v) is 9.28. The summed E-state index contributed by atoms with van der Waals surface area (Å²) >= 11 is 0. The lowest BCUT2D eigenvalue weighted by atomic mass is 10.1. The number of aromatic amines is 1. The molecule has 0 radical (unpaired) electrons. The Labute approximate surface area is 194 Å². The molecule has 1 aliphatic heterocycles. The van der Waals surface area contributed by atoms with Crippen molar-refractivity contribution in [3.63, 3.8) is 0 Å². The molecule has 1 atom stereocenters. The van der Waals surface area contributed by atoms with Crippen LogP contribution in [0, 0.1) is 0 Å². The minimum absolute atomic E-state index is 0.211. The van der Waals surface area contributed by atoms with E-state index in [2.05, 4.69) is 16.4 Å². The second kappa shape index (κ2) is 8.67. The molecule has 0 fully saturated rings. The molecule has 7 heteroatoms. The Hall–Kier alpha value is -3.71. The number of anilines is 1. The van der Waals surface area contributed by atoms with Gasteiger partial charge in [-0.2, -0.15) is 0 Å². The molecule has 0 spiro atoms.